The minimum Gasteiger partial charge on any atom is -0.497 e. The second-order valence-corrected chi connectivity index (χ2v) is 16.3. The molecule has 0 saturated carbocycles. The van der Waals surface area contributed by atoms with E-state index in [9.17, 15) is 0 Å². The Hall–Kier alpha value is -3.49. The molecule has 40 heavy (non-hydrogen) atoms. The molecule has 0 atom stereocenters. The Balaban J connectivity index is 1.68. The highest BCUT2D eigenvalue weighted by Crippen LogP contribution is 2.37. The topological polar surface area (TPSA) is 69.6 Å². The molecule has 0 bridgehead atoms. The summed E-state index contributed by atoms with van der Waals surface area (Å²) in [6.45, 7) is 15.0. The number of anilines is 2. The van der Waals surface area contributed by atoms with Gasteiger partial charge in [0.15, 0.2) is 8.32 Å². The highest BCUT2D eigenvalue weighted by molar-refractivity contribution is 6.74. The van der Waals surface area contributed by atoms with Crippen molar-refractivity contribution >= 4 is 30.7 Å². The Kier molecular flexibility index (Phi) is 9.11. The number of aromatic nitrogens is 3. The lowest BCUT2D eigenvalue weighted by atomic mass is 10.1. The third kappa shape index (κ3) is 6.80. The number of pyridine rings is 1. The molecule has 0 N–H and O–H groups in total. The van der Waals surface area contributed by atoms with Crippen molar-refractivity contribution in [2.75, 3.05) is 32.3 Å². The summed E-state index contributed by atoms with van der Waals surface area (Å²) < 4.78 is 17.7. The zero-order valence-electron chi connectivity index (χ0n) is 25.1. The maximum atomic E-state index is 6.49. The van der Waals surface area contributed by atoms with Crippen LogP contribution in [0.2, 0.25) is 18.1 Å². The predicted molar refractivity (Wildman–Crippen MR) is 166 cm³/mol. The summed E-state index contributed by atoms with van der Waals surface area (Å²) in [5, 5.41) is 0.175. The molecule has 212 valence electrons. The third-order valence-electron chi connectivity index (χ3n) is 7.76. The average molecular weight is 559 g/mol. The van der Waals surface area contributed by atoms with E-state index in [-0.39, 0.29) is 5.04 Å². The highest BCUT2D eigenvalue weighted by atomic mass is 28.4. The molecule has 4 aromatic rings. The Morgan fingerprint density at radius 2 is 1.55 bits per heavy atom. The first-order valence-corrected chi connectivity index (χ1v) is 16.8. The van der Waals surface area contributed by atoms with Gasteiger partial charge in [0.2, 0.25) is 0 Å². The Morgan fingerprint density at radius 3 is 2.15 bits per heavy atom. The van der Waals surface area contributed by atoms with Crippen LogP contribution < -0.4 is 14.4 Å². The van der Waals surface area contributed by atoms with Crippen molar-refractivity contribution in [1.29, 1.82) is 0 Å². The fraction of sp³-hybridized carbons (Fsp3) is 0.406. The van der Waals surface area contributed by atoms with E-state index in [0.29, 0.717) is 6.61 Å². The molecule has 0 aliphatic carbocycles. The van der Waals surface area contributed by atoms with Crippen LogP contribution in [0.15, 0.2) is 60.9 Å². The van der Waals surface area contributed by atoms with Gasteiger partial charge in [0, 0.05) is 60.2 Å². The summed E-state index contributed by atoms with van der Waals surface area (Å²) in [6, 6.07) is 16.3. The van der Waals surface area contributed by atoms with E-state index in [4.69, 9.17) is 18.9 Å². The number of hydrogen-bond acceptors (Lipinski definition) is 7. The quantitative estimate of drug-likeness (QED) is 0.137. The van der Waals surface area contributed by atoms with Crippen molar-refractivity contribution in [3.05, 3.63) is 66.6 Å². The standard InChI is InChI=1S/C32H42N4O3Si/c1-9-24-12-11-23(21-33-24)31-22-34-29-14-13-25(19-30(29)35-31)36(15-10-16-39-40(7,8)32(2,3)4)26-17-27(37-5)20-28(18-26)38-6/h11-14,17-22H,9-10,15-16H2,1-8H3. The molecule has 2 heterocycles. The van der Waals surface area contributed by atoms with Gasteiger partial charge in [-0.15, -0.1) is 0 Å². The van der Waals surface area contributed by atoms with Crippen molar-refractivity contribution in [3.8, 4) is 22.8 Å². The van der Waals surface area contributed by atoms with Crippen LogP contribution in [-0.2, 0) is 10.8 Å². The zero-order chi connectivity index (χ0) is 28.9. The number of benzene rings is 2. The van der Waals surface area contributed by atoms with Gasteiger partial charge in [-0.25, -0.2) is 4.98 Å². The van der Waals surface area contributed by atoms with Gasteiger partial charge in [0.1, 0.15) is 11.5 Å². The second kappa shape index (κ2) is 12.4. The Morgan fingerprint density at radius 1 is 0.825 bits per heavy atom. The van der Waals surface area contributed by atoms with Gasteiger partial charge in [0.05, 0.1) is 37.1 Å². The number of nitrogens with zero attached hydrogens (tertiary/aromatic N) is 4. The summed E-state index contributed by atoms with van der Waals surface area (Å²) >= 11 is 0. The predicted octanol–water partition coefficient (Wildman–Crippen LogP) is 7.82. The lowest BCUT2D eigenvalue weighted by Gasteiger charge is -2.36. The van der Waals surface area contributed by atoms with E-state index >= 15 is 0 Å². The van der Waals surface area contributed by atoms with E-state index in [2.05, 4.69) is 73.9 Å². The van der Waals surface area contributed by atoms with Crippen LogP contribution in [0.4, 0.5) is 11.4 Å². The maximum absolute atomic E-state index is 6.49. The summed E-state index contributed by atoms with van der Waals surface area (Å²) in [6.07, 6.45) is 5.45. The van der Waals surface area contributed by atoms with Gasteiger partial charge < -0.3 is 18.8 Å². The van der Waals surface area contributed by atoms with Gasteiger partial charge >= 0.3 is 0 Å². The van der Waals surface area contributed by atoms with Crippen LogP contribution in [0.5, 0.6) is 11.5 Å². The molecule has 0 amide bonds. The summed E-state index contributed by atoms with van der Waals surface area (Å²) in [5.74, 6) is 1.48. The fourth-order valence-electron chi connectivity index (χ4n) is 4.21. The Labute approximate surface area is 239 Å². The molecule has 4 rings (SSSR count). The molecule has 0 aliphatic rings. The van der Waals surface area contributed by atoms with Crippen LogP contribution >= 0.6 is 0 Å². The SMILES string of the molecule is CCc1ccc(-c2cnc3ccc(N(CCCO[Si](C)(C)C(C)(C)C)c4cc(OC)cc(OC)c4)cc3n2)cn1. The number of fused-ring (bicyclic) bond motifs is 1. The molecule has 8 heteroatoms. The molecule has 0 spiro atoms. The van der Waals surface area contributed by atoms with Crippen molar-refractivity contribution in [3.63, 3.8) is 0 Å². The van der Waals surface area contributed by atoms with Crippen molar-refractivity contribution in [2.24, 2.45) is 0 Å². The van der Waals surface area contributed by atoms with E-state index in [1.54, 1.807) is 14.2 Å². The van der Waals surface area contributed by atoms with Crippen molar-refractivity contribution in [2.45, 2.75) is 58.7 Å². The summed E-state index contributed by atoms with van der Waals surface area (Å²) in [5.41, 5.74) is 6.47. The number of ether oxygens (including phenoxy) is 2. The normalized spacial score (nSPS) is 12.0. The molecular weight excluding hydrogens is 516 g/mol. The minimum absolute atomic E-state index is 0.175. The van der Waals surface area contributed by atoms with Gasteiger partial charge in [-0.1, -0.05) is 27.7 Å². The van der Waals surface area contributed by atoms with Gasteiger partial charge in [-0.3, -0.25) is 9.97 Å². The highest BCUT2D eigenvalue weighted by Gasteiger charge is 2.36. The molecule has 7 nitrogen and oxygen atoms in total. The molecular formula is C32H42N4O3Si. The molecule has 0 fully saturated rings. The number of hydrogen-bond donors (Lipinski definition) is 0. The Bertz CT molecular complexity index is 1410. The monoisotopic (exact) mass is 558 g/mol. The van der Waals surface area contributed by atoms with Crippen LogP contribution in [-0.4, -0.2) is 50.6 Å². The van der Waals surface area contributed by atoms with Gasteiger partial charge in [-0.05, 0) is 61.3 Å². The van der Waals surface area contributed by atoms with Gasteiger partial charge in [0.25, 0.3) is 0 Å². The molecule has 0 unspecified atom stereocenters. The fourth-order valence-corrected chi connectivity index (χ4v) is 5.30. The van der Waals surface area contributed by atoms with Crippen molar-refractivity contribution < 1.29 is 13.9 Å². The smallest absolute Gasteiger partial charge is 0.191 e. The van der Waals surface area contributed by atoms with Crippen molar-refractivity contribution in [1.82, 2.24) is 15.0 Å². The largest absolute Gasteiger partial charge is 0.497 e. The molecule has 0 radical (unpaired) electrons. The average Bonchev–Trinajstić information content (AvgIpc) is 2.95. The third-order valence-corrected chi connectivity index (χ3v) is 12.3. The molecule has 2 aromatic heterocycles. The lowest BCUT2D eigenvalue weighted by molar-refractivity contribution is 0.284. The summed E-state index contributed by atoms with van der Waals surface area (Å²) in [4.78, 5) is 16.5. The van der Waals surface area contributed by atoms with Crippen LogP contribution in [0, 0.1) is 0 Å². The lowest BCUT2D eigenvalue weighted by Crippen LogP contribution is -2.41. The van der Waals surface area contributed by atoms with E-state index in [0.717, 1.165) is 70.2 Å². The van der Waals surface area contributed by atoms with E-state index < -0.39 is 8.32 Å². The first-order chi connectivity index (χ1) is 19.0. The van der Waals surface area contributed by atoms with E-state index in [1.807, 2.05) is 42.7 Å². The van der Waals surface area contributed by atoms with Crippen LogP contribution in [0.25, 0.3) is 22.3 Å². The minimum atomic E-state index is -1.83. The molecule has 0 saturated heterocycles. The number of methoxy groups -OCH3 is 2. The van der Waals surface area contributed by atoms with Crippen LogP contribution in [0.1, 0.15) is 39.8 Å². The first-order valence-electron chi connectivity index (χ1n) is 13.9. The van der Waals surface area contributed by atoms with Gasteiger partial charge in [-0.2, -0.15) is 0 Å². The second-order valence-electron chi connectivity index (χ2n) is 11.5. The van der Waals surface area contributed by atoms with Crippen LogP contribution in [0.3, 0.4) is 0 Å². The molecule has 0 aliphatic heterocycles. The number of rotatable bonds is 11. The maximum Gasteiger partial charge on any atom is 0.191 e. The first kappa shape index (κ1) is 29.5. The summed E-state index contributed by atoms with van der Waals surface area (Å²) in [7, 11) is 1.52. The molecule has 2 aromatic carbocycles. The van der Waals surface area contributed by atoms with E-state index in [1.165, 1.54) is 0 Å². The number of aryl methyl sites for hydroxylation is 1. The zero-order valence-corrected chi connectivity index (χ0v) is 26.1.